The molecule has 2 bridgehead atoms. The molecule has 5 aromatic rings. The molecular weight excluding hydrogens is 596 g/mol. The van der Waals surface area contributed by atoms with E-state index in [1.807, 2.05) is 18.2 Å². The number of rotatable bonds is 8. The zero-order valence-electron chi connectivity index (χ0n) is 24.7. The summed E-state index contributed by atoms with van der Waals surface area (Å²) >= 11 is 6.56. The van der Waals surface area contributed by atoms with Crippen LogP contribution >= 0.6 is 11.6 Å². The van der Waals surface area contributed by atoms with Crippen molar-refractivity contribution in [3.8, 4) is 0 Å². The van der Waals surface area contributed by atoms with Gasteiger partial charge in [0.05, 0.1) is 11.8 Å². The molecule has 46 heavy (non-hydrogen) atoms. The van der Waals surface area contributed by atoms with E-state index in [1.165, 1.54) is 0 Å². The minimum Gasteiger partial charge on any atom is -0.453 e. The van der Waals surface area contributed by atoms with Crippen molar-refractivity contribution in [1.82, 2.24) is 0 Å². The van der Waals surface area contributed by atoms with Crippen LogP contribution in [0.25, 0.3) is 0 Å². The summed E-state index contributed by atoms with van der Waals surface area (Å²) < 4.78 is 6.54. The highest BCUT2D eigenvalue weighted by molar-refractivity contribution is 6.30. The van der Waals surface area contributed by atoms with Crippen LogP contribution in [0.3, 0.4) is 0 Å². The van der Waals surface area contributed by atoms with Crippen molar-refractivity contribution in [1.29, 1.82) is 0 Å². The molecule has 1 saturated carbocycles. The van der Waals surface area contributed by atoms with Crippen LogP contribution < -0.4 is 0 Å². The highest BCUT2D eigenvalue weighted by atomic mass is 35.5. The second kappa shape index (κ2) is 11.7. The Morgan fingerprint density at radius 2 is 1.02 bits per heavy atom. The highest BCUT2D eigenvalue weighted by Gasteiger charge is 2.76. The lowest BCUT2D eigenvalue weighted by Crippen LogP contribution is -2.73. The molecule has 5 atom stereocenters. The lowest BCUT2D eigenvalue weighted by Gasteiger charge is -2.62. The minimum atomic E-state index is -1.86. The van der Waals surface area contributed by atoms with Crippen molar-refractivity contribution < 1.29 is 23.9 Å². The summed E-state index contributed by atoms with van der Waals surface area (Å²) in [5.74, 6) is -5.34. The van der Waals surface area contributed by atoms with Gasteiger partial charge in [0.2, 0.25) is 0 Å². The van der Waals surface area contributed by atoms with Crippen LogP contribution in [0.2, 0.25) is 5.02 Å². The Balaban J connectivity index is 1.59. The Morgan fingerprint density at radius 1 is 0.565 bits per heavy atom. The zero-order chi connectivity index (χ0) is 31.9. The first-order chi connectivity index (χ1) is 22.4. The molecule has 0 radical (unpaired) electrons. The average Bonchev–Trinajstić information content (AvgIpc) is 3.11. The lowest BCUT2D eigenvalue weighted by molar-refractivity contribution is -0.220. The molecule has 5 nitrogen and oxygen atoms in total. The van der Waals surface area contributed by atoms with Crippen LogP contribution in [0.5, 0.6) is 0 Å². The van der Waals surface area contributed by atoms with Gasteiger partial charge in [0.25, 0.3) is 0 Å². The average molecular weight is 625 g/mol. The monoisotopic (exact) mass is 624 g/mol. The molecule has 5 aromatic carbocycles. The normalized spacial score (nSPS) is 25.0. The van der Waals surface area contributed by atoms with Gasteiger partial charge in [-0.1, -0.05) is 145 Å². The standard InChI is InChI=1S/C40H29ClO5/c41-31-23-13-22-30(24-31)40-32(35(42)26-14-5-1-6-15-26)25-39(46-38(40)45,29-20-11-4-12-21-29)33(36(43)27-16-7-2-8-17-27)34(40)37(44)28-18-9-3-10-19-28/h1-24,32-34H,25H2/t32?,33-,34+,39+,40+/m1/s1. The van der Waals surface area contributed by atoms with E-state index in [1.54, 1.807) is 127 Å². The molecule has 0 spiro atoms. The predicted molar refractivity (Wildman–Crippen MR) is 175 cm³/mol. The van der Waals surface area contributed by atoms with Crippen molar-refractivity contribution in [2.45, 2.75) is 17.4 Å². The molecule has 3 fully saturated rings. The van der Waals surface area contributed by atoms with Crippen LogP contribution in [0.1, 0.15) is 48.6 Å². The number of esters is 1. The number of fused-ring (bicyclic) bond motifs is 3. The molecular formula is C40H29ClO5. The summed E-state index contributed by atoms with van der Waals surface area (Å²) in [6, 6.07) is 41.8. The topological polar surface area (TPSA) is 77.5 Å². The molecule has 0 N–H and O–H groups in total. The van der Waals surface area contributed by atoms with Crippen LogP contribution in [0, 0.1) is 17.8 Å². The maximum absolute atomic E-state index is 15.1. The third-order valence-corrected chi connectivity index (χ3v) is 9.85. The van der Waals surface area contributed by atoms with Crippen molar-refractivity contribution >= 4 is 34.9 Å². The molecule has 2 saturated heterocycles. The number of hydrogen-bond donors (Lipinski definition) is 0. The fraction of sp³-hybridized carbons (Fsp3) is 0.150. The maximum Gasteiger partial charge on any atom is 0.319 e. The number of benzene rings is 5. The van der Waals surface area contributed by atoms with Gasteiger partial charge in [0, 0.05) is 34.1 Å². The first kappa shape index (κ1) is 29.6. The Bertz CT molecular complexity index is 1940. The fourth-order valence-corrected chi connectivity index (χ4v) is 7.86. The lowest BCUT2D eigenvalue weighted by atomic mass is 9.43. The Hall–Kier alpha value is -5.13. The molecule has 6 heteroatoms. The van der Waals surface area contributed by atoms with E-state index < -0.39 is 40.5 Å². The summed E-state index contributed by atoms with van der Waals surface area (Å²) in [7, 11) is 0. The van der Waals surface area contributed by atoms with Gasteiger partial charge in [-0.2, -0.15) is 0 Å². The third kappa shape index (κ3) is 4.53. The molecule has 2 aliphatic heterocycles. The van der Waals surface area contributed by atoms with Gasteiger partial charge < -0.3 is 4.74 Å². The number of hydrogen-bond acceptors (Lipinski definition) is 5. The summed E-state index contributed by atoms with van der Waals surface area (Å²) in [6.45, 7) is 0. The number of carbonyl (C=O) groups excluding carboxylic acids is 4. The van der Waals surface area contributed by atoms with Crippen LogP contribution in [0.4, 0.5) is 0 Å². The van der Waals surface area contributed by atoms with E-state index >= 15 is 4.79 Å². The number of carbonyl (C=O) groups is 4. The number of ketones is 3. The second-order valence-corrected chi connectivity index (χ2v) is 12.4. The quantitative estimate of drug-likeness (QED) is 0.129. The maximum atomic E-state index is 15.1. The van der Waals surface area contributed by atoms with E-state index in [0.717, 1.165) is 0 Å². The van der Waals surface area contributed by atoms with Gasteiger partial charge in [0.15, 0.2) is 17.3 Å². The van der Waals surface area contributed by atoms with Gasteiger partial charge in [0.1, 0.15) is 11.0 Å². The molecule has 2 heterocycles. The summed E-state index contributed by atoms with van der Waals surface area (Å²) in [5.41, 5.74) is -1.46. The van der Waals surface area contributed by atoms with Crippen molar-refractivity contribution in [2.24, 2.45) is 17.8 Å². The van der Waals surface area contributed by atoms with Gasteiger partial charge in [-0.25, -0.2) is 0 Å². The van der Waals surface area contributed by atoms with Gasteiger partial charge in [-0.05, 0) is 23.3 Å². The second-order valence-electron chi connectivity index (χ2n) is 11.9. The Kier molecular flexibility index (Phi) is 7.50. The van der Waals surface area contributed by atoms with E-state index in [4.69, 9.17) is 16.3 Å². The predicted octanol–water partition coefficient (Wildman–Crippen LogP) is 7.93. The van der Waals surface area contributed by atoms with Crippen molar-refractivity contribution in [3.63, 3.8) is 0 Å². The van der Waals surface area contributed by atoms with E-state index in [-0.39, 0.29) is 18.0 Å². The van der Waals surface area contributed by atoms with Crippen molar-refractivity contribution in [3.05, 3.63) is 178 Å². The molecule has 8 rings (SSSR count). The highest BCUT2D eigenvalue weighted by Crippen LogP contribution is 2.65. The number of Topliss-reactive ketones (excluding diaryl/α,β-unsaturated/α-hetero) is 3. The first-order valence-corrected chi connectivity index (χ1v) is 15.6. The summed E-state index contributed by atoms with van der Waals surface area (Å²) in [6.07, 6.45) is -0.00912. The van der Waals surface area contributed by atoms with E-state index in [0.29, 0.717) is 32.8 Å². The Morgan fingerprint density at radius 3 is 1.54 bits per heavy atom. The largest absolute Gasteiger partial charge is 0.453 e. The summed E-state index contributed by atoms with van der Waals surface area (Å²) in [4.78, 5) is 59.8. The molecule has 1 aliphatic carbocycles. The number of halogens is 1. The fourth-order valence-electron chi connectivity index (χ4n) is 7.67. The molecule has 0 aromatic heterocycles. The van der Waals surface area contributed by atoms with E-state index in [2.05, 4.69) is 0 Å². The van der Waals surface area contributed by atoms with Gasteiger partial charge in [-0.3, -0.25) is 19.2 Å². The number of ether oxygens (including phenoxy) is 1. The zero-order valence-corrected chi connectivity index (χ0v) is 25.5. The van der Waals surface area contributed by atoms with Crippen LogP contribution in [0.15, 0.2) is 146 Å². The van der Waals surface area contributed by atoms with Crippen LogP contribution in [-0.4, -0.2) is 23.3 Å². The van der Waals surface area contributed by atoms with Crippen molar-refractivity contribution in [2.75, 3.05) is 0 Å². The van der Waals surface area contributed by atoms with E-state index in [9.17, 15) is 14.4 Å². The Labute approximate surface area is 271 Å². The molecule has 3 aliphatic rings. The molecule has 0 amide bonds. The molecule has 226 valence electrons. The van der Waals surface area contributed by atoms with Gasteiger partial charge in [-0.15, -0.1) is 0 Å². The third-order valence-electron chi connectivity index (χ3n) is 9.62. The first-order valence-electron chi connectivity index (χ1n) is 15.2. The smallest absolute Gasteiger partial charge is 0.319 e. The van der Waals surface area contributed by atoms with Crippen LogP contribution in [-0.2, 0) is 20.5 Å². The minimum absolute atomic E-state index is 0.00912. The molecule has 1 unspecified atom stereocenters. The van der Waals surface area contributed by atoms with Gasteiger partial charge >= 0.3 is 5.97 Å². The SMILES string of the molecule is O=C(c1ccccc1)C1C[C@@]2(c3ccccc3)OC(=O)[C@]1(c1cccc(Cl)c1)[C@H](C(=O)c1ccccc1)[C@@H]2C(=O)c1ccccc1. The summed E-state index contributed by atoms with van der Waals surface area (Å²) in [5, 5.41) is 0.327.